The molecule has 1 amide bonds. The number of benzene rings is 1. The summed E-state index contributed by atoms with van der Waals surface area (Å²) < 4.78 is 0. The molecule has 0 bridgehead atoms. The number of hydrogen-bond donors (Lipinski definition) is 1. The highest BCUT2D eigenvalue weighted by Crippen LogP contribution is 2.25. The van der Waals surface area contributed by atoms with Gasteiger partial charge in [-0.1, -0.05) is 18.5 Å². The molecule has 1 aromatic rings. The molecule has 0 unspecified atom stereocenters. The highest BCUT2D eigenvalue weighted by molar-refractivity contribution is 6.32. The lowest BCUT2D eigenvalue weighted by atomic mass is 10.1. The van der Waals surface area contributed by atoms with Crippen LogP contribution in [0.1, 0.15) is 23.7 Å². The Morgan fingerprint density at radius 2 is 2.10 bits per heavy atom. The lowest BCUT2D eigenvalue weighted by Crippen LogP contribution is -2.36. The van der Waals surface area contributed by atoms with Gasteiger partial charge in [-0.15, -0.1) is 0 Å². The number of nitro groups is 1. The van der Waals surface area contributed by atoms with Gasteiger partial charge in [0.05, 0.1) is 4.92 Å². The summed E-state index contributed by atoms with van der Waals surface area (Å²) in [5.41, 5.74) is -0.347. The highest BCUT2D eigenvalue weighted by Gasteiger charge is 2.21. The van der Waals surface area contributed by atoms with Crippen LogP contribution in [0, 0.1) is 10.1 Å². The second kappa shape index (κ2) is 6.85. The summed E-state index contributed by atoms with van der Waals surface area (Å²) in [6.45, 7) is 1.59. The van der Waals surface area contributed by atoms with E-state index in [0.717, 1.165) is 11.0 Å². The maximum absolute atomic E-state index is 12.2. The molecule has 20 heavy (non-hydrogen) atoms. The van der Waals surface area contributed by atoms with Gasteiger partial charge in [-0.25, -0.2) is 0 Å². The standard InChI is InChI=1S/C12H13ClN2O5/c1-2-5-14(7-11(16)17)12(18)8-3-4-9(13)10(6-8)15(19)20/h3-4,6H,2,5,7H2,1H3,(H,16,17). The topological polar surface area (TPSA) is 101 Å². The van der Waals surface area contributed by atoms with Gasteiger partial charge in [-0.3, -0.25) is 19.7 Å². The number of carbonyl (C=O) groups excluding carboxylic acids is 1. The van der Waals surface area contributed by atoms with Gasteiger partial charge >= 0.3 is 5.97 Å². The minimum absolute atomic E-state index is 0.0378. The van der Waals surface area contributed by atoms with Crippen LogP contribution in [-0.2, 0) is 4.79 Å². The lowest BCUT2D eigenvalue weighted by Gasteiger charge is -2.19. The molecule has 0 saturated carbocycles. The zero-order valence-electron chi connectivity index (χ0n) is 10.7. The first kappa shape index (κ1) is 15.9. The van der Waals surface area contributed by atoms with Gasteiger partial charge in [-0.05, 0) is 18.6 Å². The van der Waals surface area contributed by atoms with E-state index in [1.807, 2.05) is 0 Å². The van der Waals surface area contributed by atoms with Gasteiger partial charge < -0.3 is 10.0 Å². The number of carboxylic acids is 1. The van der Waals surface area contributed by atoms with Crippen molar-refractivity contribution in [2.45, 2.75) is 13.3 Å². The molecule has 0 aliphatic rings. The fraction of sp³-hybridized carbons (Fsp3) is 0.333. The number of carbonyl (C=O) groups is 2. The third-order valence-electron chi connectivity index (χ3n) is 2.50. The normalized spacial score (nSPS) is 10.1. The largest absolute Gasteiger partial charge is 0.480 e. The number of hydrogen-bond acceptors (Lipinski definition) is 4. The van der Waals surface area contributed by atoms with Crippen molar-refractivity contribution in [2.75, 3.05) is 13.1 Å². The van der Waals surface area contributed by atoms with Crippen LogP contribution in [0.3, 0.4) is 0 Å². The quantitative estimate of drug-likeness (QED) is 0.641. The average molecular weight is 301 g/mol. The van der Waals surface area contributed by atoms with Gasteiger partial charge in [0.1, 0.15) is 11.6 Å². The molecule has 0 saturated heterocycles. The van der Waals surface area contributed by atoms with Gasteiger partial charge in [-0.2, -0.15) is 0 Å². The van der Waals surface area contributed by atoms with E-state index in [4.69, 9.17) is 16.7 Å². The lowest BCUT2D eigenvalue weighted by molar-refractivity contribution is -0.384. The number of rotatable bonds is 6. The minimum Gasteiger partial charge on any atom is -0.480 e. The van der Waals surface area contributed by atoms with Crippen molar-refractivity contribution in [1.82, 2.24) is 4.90 Å². The van der Waals surface area contributed by atoms with Crippen LogP contribution in [0.5, 0.6) is 0 Å². The Labute approximate surface area is 119 Å². The fourth-order valence-corrected chi connectivity index (χ4v) is 1.84. The molecule has 0 aromatic heterocycles. The van der Waals surface area contributed by atoms with Crippen molar-refractivity contribution < 1.29 is 19.6 Å². The van der Waals surface area contributed by atoms with E-state index < -0.39 is 23.3 Å². The van der Waals surface area contributed by atoms with Crippen LogP contribution >= 0.6 is 11.6 Å². The Hall–Kier alpha value is -2.15. The summed E-state index contributed by atoms with van der Waals surface area (Å²) in [5, 5.41) is 19.5. The van der Waals surface area contributed by atoms with Crippen LogP contribution in [0.2, 0.25) is 5.02 Å². The zero-order chi connectivity index (χ0) is 15.3. The first-order chi connectivity index (χ1) is 9.36. The molecule has 1 rings (SSSR count). The fourth-order valence-electron chi connectivity index (χ4n) is 1.65. The first-order valence-corrected chi connectivity index (χ1v) is 6.19. The number of carboxylic acid groups (broad SMARTS) is 1. The van der Waals surface area contributed by atoms with Crippen molar-refractivity contribution in [3.05, 3.63) is 38.9 Å². The summed E-state index contributed by atoms with van der Waals surface area (Å²) in [4.78, 5) is 34.1. The molecule has 1 aromatic carbocycles. The molecule has 0 heterocycles. The molecule has 0 aliphatic heterocycles. The Morgan fingerprint density at radius 1 is 1.45 bits per heavy atom. The molecule has 0 aliphatic carbocycles. The summed E-state index contributed by atoms with van der Waals surface area (Å²) >= 11 is 5.66. The van der Waals surface area contributed by atoms with Gasteiger partial charge in [0.2, 0.25) is 0 Å². The van der Waals surface area contributed by atoms with E-state index in [2.05, 4.69) is 0 Å². The van der Waals surface area contributed by atoms with Gasteiger partial charge in [0.15, 0.2) is 0 Å². The van der Waals surface area contributed by atoms with Crippen molar-refractivity contribution >= 4 is 29.2 Å². The summed E-state index contributed by atoms with van der Waals surface area (Å²) in [6.07, 6.45) is 0.578. The van der Waals surface area contributed by atoms with Crippen molar-refractivity contribution in [2.24, 2.45) is 0 Å². The number of aliphatic carboxylic acids is 1. The average Bonchev–Trinajstić information content (AvgIpc) is 2.37. The van der Waals surface area contributed by atoms with Gasteiger partial charge in [0.25, 0.3) is 11.6 Å². The molecule has 0 spiro atoms. The molecule has 1 N–H and O–H groups in total. The maximum atomic E-state index is 12.2. The molecule has 108 valence electrons. The molecule has 0 fully saturated rings. The summed E-state index contributed by atoms with van der Waals surface area (Å²) in [7, 11) is 0. The highest BCUT2D eigenvalue weighted by atomic mass is 35.5. The van der Waals surface area contributed by atoms with E-state index in [1.54, 1.807) is 6.92 Å². The molecule has 8 heteroatoms. The van der Waals surface area contributed by atoms with E-state index >= 15 is 0 Å². The predicted molar refractivity (Wildman–Crippen MR) is 71.9 cm³/mol. The summed E-state index contributed by atoms with van der Waals surface area (Å²) in [5.74, 6) is -1.72. The van der Waals surface area contributed by atoms with Crippen LogP contribution < -0.4 is 0 Å². The number of halogens is 1. The number of nitro benzene ring substituents is 1. The third-order valence-corrected chi connectivity index (χ3v) is 2.82. The van der Waals surface area contributed by atoms with Crippen LogP contribution in [0.25, 0.3) is 0 Å². The van der Waals surface area contributed by atoms with E-state index in [-0.39, 0.29) is 22.8 Å². The molecule has 0 atom stereocenters. The Morgan fingerprint density at radius 3 is 2.60 bits per heavy atom. The molecular weight excluding hydrogens is 288 g/mol. The van der Waals surface area contributed by atoms with Crippen LogP contribution in [0.15, 0.2) is 18.2 Å². The van der Waals surface area contributed by atoms with E-state index in [9.17, 15) is 19.7 Å². The minimum atomic E-state index is -1.14. The predicted octanol–water partition coefficient (Wildman–Crippen LogP) is 2.18. The second-order valence-corrected chi connectivity index (χ2v) is 4.45. The van der Waals surface area contributed by atoms with Crippen molar-refractivity contribution in [3.63, 3.8) is 0 Å². The van der Waals surface area contributed by atoms with Crippen LogP contribution in [-0.4, -0.2) is 39.9 Å². The second-order valence-electron chi connectivity index (χ2n) is 4.04. The summed E-state index contributed by atoms with van der Waals surface area (Å²) in [6, 6.07) is 3.63. The monoisotopic (exact) mass is 300 g/mol. The molecular formula is C12H13ClN2O5. The third kappa shape index (κ3) is 3.92. The number of amides is 1. The number of nitrogens with zero attached hydrogens (tertiary/aromatic N) is 2. The van der Waals surface area contributed by atoms with E-state index in [0.29, 0.717) is 6.42 Å². The van der Waals surface area contributed by atoms with Crippen LogP contribution in [0.4, 0.5) is 5.69 Å². The Balaban J connectivity index is 3.08. The maximum Gasteiger partial charge on any atom is 0.323 e. The Bertz CT molecular complexity index is 547. The molecule has 0 radical (unpaired) electrons. The van der Waals surface area contributed by atoms with E-state index in [1.165, 1.54) is 12.1 Å². The van der Waals surface area contributed by atoms with Gasteiger partial charge in [0, 0.05) is 18.2 Å². The Kier molecular flexibility index (Phi) is 5.45. The van der Waals surface area contributed by atoms with Crippen molar-refractivity contribution in [1.29, 1.82) is 0 Å². The first-order valence-electron chi connectivity index (χ1n) is 5.81. The van der Waals surface area contributed by atoms with Crippen molar-refractivity contribution in [3.8, 4) is 0 Å². The zero-order valence-corrected chi connectivity index (χ0v) is 11.5. The molecule has 7 nitrogen and oxygen atoms in total. The SMILES string of the molecule is CCCN(CC(=O)O)C(=O)c1ccc(Cl)c([N+](=O)[O-])c1. The smallest absolute Gasteiger partial charge is 0.323 e.